The van der Waals surface area contributed by atoms with Crippen molar-refractivity contribution < 1.29 is 4.74 Å². The predicted molar refractivity (Wildman–Crippen MR) is 77.2 cm³/mol. The molecule has 0 atom stereocenters. The van der Waals surface area contributed by atoms with Crippen molar-refractivity contribution in [3.05, 3.63) is 42.5 Å². The van der Waals surface area contributed by atoms with Crippen molar-refractivity contribution in [2.24, 2.45) is 0 Å². The van der Waals surface area contributed by atoms with Gasteiger partial charge in [-0.15, -0.1) is 0 Å². The van der Waals surface area contributed by atoms with Gasteiger partial charge in [0.15, 0.2) is 0 Å². The van der Waals surface area contributed by atoms with Crippen molar-refractivity contribution in [1.82, 2.24) is 4.90 Å². The van der Waals surface area contributed by atoms with Crippen LogP contribution in [-0.2, 0) is 0 Å². The molecule has 0 amide bonds. The first-order chi connectivity index (χ1) is 8.77. The number of rotatable bonds is 6. The normalized spacial score (nSPS) is 11.1. The molecule has 18 heavy (non-hydrogen) atoms. The van der Waals surface area contributed by atoms with Crippen LogP contribution in [0.1, 0.15) is 12.8 Å². The number of hydrogen-bond acceptors (Lipinski definition) is 2. The van der Waals surface area contributed by atoms with Crippen LogP contribution in [0.15, 0.2) is 42.5 Å². The van der Waals surface area contributed by atoms with Crippen LogP contribution in [0.25, 0.3) is 10.8 Å². The fourth-order valence-electron chi connectivity index (χ4n) is 2.03. The van der Waals surface area contributed by atoms with Crippen molar-refractivity contribution >= 4 is 10.8 Å². The van der Waals surface area contributed by atoms with Gasteiger partial charge >= 0.3 is 0 Å². The maximum atomic E-state index is 5.88. The Hall–Kier alpha value is -1.54. The zero-order valence-electron chi connectivity index (χ0n) is 11.2. The van der Waals surface area contributed by atoms with Gasteiger partial charge in [-0.25, -0.2) is 0 Å². The van der Waals surface area contributed by atoms with Crippen molar-refractivity contribution in [1.29, 1.82) is 0 Å². The number of unbranched alkanes of at least 4 members (excludes halogenated alkanes) is 1. The summed E-state index contributed by atoms with van der Waals surface area (Å²) in [4.78, 5) is 2.21. The summed E-state index contributed by atoms with van der Waals surface area (Å²) in [5, 5.41) is 2.44. The zero-order chi connectivity index (χ0) is 12.8. The van der Waals surface area contributed by atoms with Crippen molar-refractivity contribution in [3.8, 4) is 5.75 Å². The summed E-state index contributed by atoms with van der Waals surface area (Å²) >= 11 is 0. The standard InChI is InChI=1S/C16H21NO/c1-17(2)12-5-6-13-18-16-11-7-9-14-8-3-4-10-15(14)16/h3-4,7-11H,5-6,12-13H2,1-2H3. The van der Waals surface area contributed by atoms with E-state index in [1.807, 2.05) is 6.07 Å². The Kier molecular flexibility index (Phi) is 4.59. The molecule has 96 valence electrons. The average Bonchev–Trinajstić information content (AvgIpc) is 2.38. The van der Waals surface area contributed by atoms with Gasteiger partial charge in [0, 0.05) is 5.39 Å². The van der Waals surface area contributed by atoms with Gasteiger partial charge in [0.1, 0.15) is 5.75 Å². The Morgan fingerprint density at radius 3 is 2.56 bits per heavy atom. The molecule has 2 aromatic carbocycles. The lowest BCUT2D eigenvalue weighted by molar-refractivity contribution is 0.296. The molecule has 2 aromatic rings. The minimum atomic E-state index is 0.793. The SMILES string of the molecule is CN(C)CCCCOc1cccc2ccccc12. The van der Waals surface area contributed by atoms with Crippen LogP contribution in [0, 0.1) is 0 Å². The number of hydrogen-bond donors (Lipinski definition) is 0. The Morgan fingerprint density at radius 2 is 1.72 bits per heavy atom. The molecule has 2 heteroatoms. The lowest BCUT2D eigenvalue weighted by atomic mass is 10.1. The molecular formula is C16H21NO. The van der Waals surface area contributed by atoms with E-state index in [1.165, 1.54) is 17.2 Å². The predicted octanol–water partition coefficient (Wildman–Crippen LogP) is 3.56. The van der Waals surface area contributed by atoms with Gasteiger partial charge in [-0.2, -0.15) is 0 Å². The third-order valence-electron chi connectivity index (χ3n) is 3.01. The molecule has 0 aromatic heterocycles. The van der Waals surface area contributed by atoms with E-state index in [9.17, 15) is 0 Å². The molecular weight excluding hydrogens is 222 g/mol. The number of benzene rings is 2. The molecule has 0 radical (unpaired) electrons. The van der Waals surface area contributed by atoms with Gasteiger partial charge < -0.3 is 9.64 Å². The van der Waals surface area contributed by atoms with Gasteiger partial charge in [-0.05, 0) is 44.9 Å². The largest absolute Gasteiger partial charge is 0.493 e. The number of ether oxygens (including phenoxy) is 1. The minimum Gasteiger partial charge on any atom is -0.493 e. The molecule has 0 spiro atoms. The van der Waals surface area contributed by atoms with Crippen LogP contribution in [0.4, 0.5) is 0 Å². The number of fused-ring (bicyclic) bond motifs is 1. The van der Waals surface area contributed by atoms with E-state index in [0.717, 1.165) is 25.3 Å². The highest BCUT2D eigenvalue weighted by molar-refractivity contribution is 5.88. The Balaban J connectivity index is 1.91. The second kappa shape index (κ2) is 6.41. The summed E-state index contributed by atoms with van der Waals surface area (Å²) in [6.45, 7) is 1.92. The summed E-state index contributed by atoms with van der Waals surface area (Å²) < 4.78 is 5.88. The van der Waals surface area contributed by atoms with Crippen molar-refractivity contribution in [2.45, 2.75) is 12.8 Å². The minimum absolute atomic E-state index is 0.793. The first-order valence-corrected chi connectivity index (χ1v) is 6.52. The fraction of sp³-hybridized carbons (Fsp3) is 0.375. The molecule has 0 saturated heterocycles. The smallest absolute Gasteiger partial charge is 0.127 e. The fourth-order valence-corrected chi connectivity index (χ4v) is 2.03. The van der Waals surface area contributed by atoms with Crippen LogP contribution in [0.5, 0.6) is 5.75 Å². The quantitative estimate of drug-likeness (QED) is 0.719. The van der Waals surface area contributed by atoms with Gasteiger partial charge in [0.2, 0.25) is 0 Å². The van der Waals surface area contributed by atoms with E-state index in [-0.39, 0.29) is 0 Å². The zero-order valence-corrected chi connectivity index (χ0v) is 11.2. The Bertz CT molecular complexity index is 488. The van der Waals surface area contributed by atoms with E-state index in [2.05, 4.69) is 55.4 Å². The first-order valence-electron chi connectivity index (χ1n) is 6.52. The molecule has 0 heterocycles. The molecule has 0 unspecified atom stereocenters. The van der Waals surface area contributed by atoms with Gasteiger partial charge in [-0.1, -0.05) is 36.4 Å². The van der Waals surface area contributed by atoms with E-state index in [1.54, 1.807) is 0 Å². The van der Waals surface area contributed by atoms with Crippen LogP contribution in [0.3, 0.4) is 0 Å². The van der Waals surface area contributed by atoms with E-state index >= 15 is 0 Å². The molecule has 2 nitrogen and oxygen atoms in total. The highest BCUT2D eigenvalue weighted by atomic mass is 16.5. The molecule has 0 N–H and O–H groups in total. The van der Waals surface area contributed by atoms with Crippen LogP contribution < -0.4 is 4.74 Å². The van der Waals surface area contributed by atoms with Crippen molar-refractivity contribution in [3.63, 3.8) is 0 Å². The van der Waals surface area contributed by atoms with E-state index < -0.39 is 0 Å². The molecule has 0 aliphatic heterocycles. The van der Waals surface area contributed by atoms with E-state index in [4.69, 9.17) is 4.74 Å². The monoisotopic (exact) mass is 243 g/mol. The maximum absolute atomic E-state index is 5.88. The molecule has 0 saturated carbocycles. The first kappa shape index (κ1) is 12.9. The molecule has 0 aliphatic carbocycles. The summed E-state index contributed by atoms with van der Waals surface area (Å²) in [5.41, 5.74) is 0. The van der Waals surface area contributed by atoms with Gasteiger partial charge in [0.25, 0.3) is 0 Å². The topological polar surface area (TPSA) is 12.5 Å². The van der Waals surface area contributed by atoms with E-state index in [0.29, 0.717) is 0 Å². The Morgan fingerprint density at radius 1 is 0.944 bits per heavy atom. The van der Waals surface area contributed by atoms with Gasteiger partial charge in [0.05, 0.1) is 6.61 Å². The molecule has 0 aliphatic rings. The summed E-state index contributed by atoms with van der Waals surface area (Å²) in [7, 11) is 4.21. The third-order valence-corrected chi connectivity index (χ3v) is 3.01. The highest BCUT2D eigenvalue weighted by Crippen LogP contribution is 2.25. The number of nitrogens with zero attached hydrogens (tertiary/aromatic N) is 1. The van der Waals surface area contributed by atoms with Crippen molar-refractivity contribution in [2.75, 3.05) is 27.2 Å². The lowest BCUT2D eigenvalue weighted by Gasteiger charge is -2.11. The molecule has 2 rings (SSSR count). The third kappa shape index (κ3) is 3.47. The summed E-state index contributed by atoms with van der Waals surface area (Å²) in [6.07, 6.45) is 2.28. The van der Waals surface area contributed by atoms with Crippen LogP contribution in [0.2, 0.25) is 0 Å². The summed E-state index contributed by atoms with van der Waals surface area (Å²) in [5.74, 6) is 0.998. The maximum Gasteiger partial charge on any atom is 0.127 e. The van der Waals surface area contributed by atoms with Crippen LogP contribution >= 0.6 is 0 Å². The lowest BCUT2D eigenvalue weighted by Crippen LogP contribution is -2.13. The van der Waals surface area contributed by atoms with Gasteiger partial charge in [-0.3, -0.25) is 0 Å². The Labute approximate surface area is 109 Å². The average molecular weight is 243 g/mol. The van der Waals surface area contributed by atoms with Crippen LogP contribution in [-0.4, -0.2) is 32.1 Å². The second-order valence-electron chi connectivity index (χ2n) is 4.84. The second-order valence-corrected chi connectivity index (χ2v) is 4.84. The molecule has 0 bridgehead atoms. The summed E-state index contributed by atoms with van der Waals surface area (Å²) in [6, 6.07) is 14.6. The highest BCUT2D eigenvalue weighted by Gasteiger charge is 2.00. The molecule has 0 fully saturated rings.